The number of likely N-dealkylation sites (N-methyl/N-ethyl adjacent to an activating group) is 1. The SMILES string of the molecule is CN(C)C[C@H]1O[C@H](Cc2cc(CN3CCCCC3)on2)CC[C@@H]1O. The maximum Gasteiger partial charge on any atom is 0.150 e. The number of aliphatic hydroxyl groups excluding tert-OH is 1. The molecule has 3 rings (SSSR count). The molecule has 0 saturated carbocycles. The zero-order valence-corrected chi connectivity index (χ0v) is 15.0. The summed E-state index contributed by atoms with van der Waals surface area (Å²) in [6.45, 7) is 3.93. The topological polar surface area (TPSA) is 62.0 Å². The van der Waals surface area contributed by atoms with Crippen molar-refractivity contribution in [1.82, 2.24) is 15.0 Å². The molecule has 0 bridgehead atoms. The van der Waals surface area contributed by atoms with Crippen molar-refractivity contribution in [2.45, 2.75) is 63.4 Å². The van der Waals surface area contributed by atoms with Gasteiger partial charge in [0, 0.05) is 19.0 Å². The minimum Gasteiger partial charge on any atom is -0.390 e. The Hall–Kier alpha value is -0.950. The minimum absolute atomic E-state index is 0.113. The number of rotatable bonds is 6. The molecule has 6 nitrogen and oxygen atoms in total. The molecular weight excluding hydrogens is 306 g/mol. The summed E-state index contributed by atoms with van der Waals surface area (Å²) in [6.07, 6.45) is 5.98. The fourth-order valence-electron chi connectivity index (χ4n) is 3.72. The second-order valence-corrected chi connectivity index (χ2v) is 7.53. The lowest BCUT2D eigenvalue weighted by Crippen LogP contribution is -2.45. The second-order valence-electron chi connectivity index (χ2n) is 7.53. The predicted octanol–water partition coefficient (Wildman–Crippen LogP) is 1.67. The second kappa shape index (κ2) is 8.43. The van der Waals surface area contributed by atoms with E-state index in [-0.39, 0.29) is 18.3 Å². The van der Waals surface area contributed by atoms with Gasteiger partial charge in [-0.1, -0.05) is 11.6 Å². The zero-order valence-electron chi connectivity index (χ0n) is 15.0. The molecule has 0 spiro atoms. The van der Waals surface area contributed by atoms with E-state index in [9.17, 15) is 5.11 Å². The summed E-state index contributed by atoms with van der Waals surface area (Å²) >= 11 is 0. The summed E-state index contributed by atoms with van der Waals surface area (Å²) in [5, 5.41) is 14.3. The highest BCUT2D eigenvalue weighted by Gasteiger charge is 2.30. The molecular formula is C18H31N3O3. The Labute approximate surface area is 144 Å². The first-order chi connectivity index (χ1) is 11.6. The third-order valence-corrected chi connectivity index (χ3v) is 5.00. The van der Waals surface area contributed by atoms with E-state index >= 15 is 0 Å². The fourth-order valence-corrected chi connectivity index (χ4v) is 3.72. The van der Waals surface area contributed by atoms with Crippen molar-refractivity contribution in [3.8, 4) is 0 Å². The summed E-state index contributed by atoms with van der Waals surface area (Å²) in [5.41, 5.74) is 0.965. The number of likely N-dealkylation sites (tertiary alicyclic amines) is 1. The first-order valence-corrected chi connectivity index (χ1v) is 9.25. The molecule has 0 radical (unpaired) electrons. The van der Waals surface area contributed by atoms with Crippen LogP contribution in [-0.2, 0) is 17.7 Å². The molecule has 1 aromatic rings. The quantitative estimate of drug-likeness (QED) is 0.852. The van der Waals surface area contributed by atoms with Gasteiger partial charge in [0.2, 0.25) is 0 Å². The lowest BCUT2D eigenvalue weighted by molar-refractivity contribution is -0.122. The van der Waals surface area contributed by atoms with E-state index in [2.05, 4.69) is 21.0 Å². The van der Waals surface area contributed by atoms with E-state index in [1.807, 2.05) is 14.1 Å². The van der Waals surface area contributed by atoms with Crippen LogP contribution in [0.25, 0.3) is 0 Å². The van der Waals surface area contributed by atoms with Gasteiger partial charge in [-0.3, -0.25) is 4.90 Å². The van der Waals surface area contributed by atoms with Gasteiger partial charge in [-0.2, -0.15) is 0 Å². The average molecular weight is 337 g/mol. The number of hydrogen-bond acceptors (Lipinski definition) is 6. The molecule has 0 aliphatic carbocycles. The monoisotopic (exact) mass is 337 g/mol. The van der Waals surface area contributed by atoms with E-state index in [1.165, 1.54) is 19.3 Å². The van der Waals surface area contributed by atoms with Crippen LogP contribution in [0, 0.1) is 0 Å². The van der Waals surface area contributed by atoms with Crippen LogP contribution in [0.5, 0.6) is 0 Å². The van der Waals surface area contributed by atoms with Crippen LogP contribution in [0.1, 0.15) is 43.6 Å². The number of nitrogens with zero attached hydrogens (tertiary/aromatic N) is 3. The van der Waals surface area contributed by atoms with Crippen molar-refractivity contribution in [3.63, 3.8) is 0 Å². The van der Waals surface area contributed by atoms with Crippen molar-refractivity contribution in [1.29, 1.82) is 0 Å². The van der Waals surface area contributed by atoms with Crippen LogP contribution in [0.15, 0.2) is 10.6 Å². The highest BCUT2D eigenvalue weighted by Crippen LogP contribution is 2.23. The molecule has 136 valence electrons. The average Bonchev–Trinajstić information content (AvgIpc) is 2.98. The first-order valence-electron chi connectivity index (χ1n) is 9.25. The predicted molar refractivity (Wildman–Crippen MR) is 91.8 cm³/mol. The van der Waals surface area contributed by atoms with Crippen LogP contribution >= 0.6 is 0 Å². The van der Waals surface area contributed by atoms with Crippen molar-refractivity contribution < 1.29 is 14.4 Å². The molecule has 0 aromatic carbocycles. The third kappa shape index (κ3) is 5.02. The van der Waals surface area contributed by atoms with E-state index in [0.29, 0.717) is 0 Å². The van der Waals surface area contributed by atoms with Gasteiger partial charge >= 0.3 is 0 Å². The Kier molecular flexibility index (Phi) is 6.27. The molecule has 1 aromatic heterocycles. The lowest BCUT2D eigenvalue weighted by atomic mass is 9.98. The van der Waals surface area contributed by atoms with Gasteiger partial charge in [0.05, 0.1) is 30.6 Å². The molecule has 6 heteroatoms. The van der Waals surface area contributed by atoms with Crippen molar-refractivity contribution in [2.24, 2.45) is 0 Å². The molecule has 2 saturated heterocycles. The number of ether oxygens (including phenoxy) is 1. The third-order valence-electron chi connectivity index (χ3n) is 5.00. The summed E-state index contributed by atoms with van der Waals surface area (Å²) in [5.74, 6) is 0.951. The maximum absolute atomic E-state index is 10.1. The van der Waals surface area contributed by atoms with Crippen LogP contribution in [0.2, 0.25) is 0 Å². The Morgan fingerprint density at radius 1 is 1.25 bits per heavy atom. The summed E-state index contributed by atoms with van der Waals surface area (Å²) in [4.78, 5) is 4.50. The van der Waals surface area contributed by atoms with E-state index in [4.69, 9.17) is 9.26 Å². The van der Waals surface area contributed by atoms with Gasteiger partial charge in [0.25, 0.3) is 0 Å². The maximum atomic E-state index is 10.1. The van der Waals surface area contributed by atoms with Gasteiger partial charge < -0.3 is 19.3 Å². The molecule has 1 N–H and O–H groups in total. The normalized spacial score (nSPS) is 29.2. The van der Waals surface area contributed by atoms with Crippen LogP contribution in [0.3, 0.4) is 0 Å². The minimum atomic E-state index is -0.365. The van der Waals surface area contributed by atoms with E-state index < -0.39 is 0 Å². The highest BCUT2D eigenvalue weighted by atomic mass is 16.5. The van der Waals surface area contributed by atoms with Crippen LogP contribution in [-0.4, -0.2) is 72.1 Å². The van der Waals surface area contributed by atoms with E-state index in [1.54, 1.807) is 0 Å². The van der Waals surface area contributed by atoms with E-state index in [0.717, 1.165) is 56.9 Å². The highest BCUT2D eigenvalue weighted by molar-refractivity contribution is 5.07. The first kappa shape index (κ1) is 17.9. The fraction of sp³-hybridized carbons (Fsp3) is 0.833. The zero-order chi connectivity index (χ0) is 16.9. The standard InChI is InChI=1S/C18H31N3O3/c1-20(2)13-18-17(22)7-6-15(23-18)10-14-11-16(24-19-14)12-21-8-4-3-5-9-21/h11,15,17-18,22H,3-10,12-13H2,1-2H3/t15-,17-,18+/m0/s1. The lowest BCUT2D eigenvalue weighted by Gasteiger charge is -2.35. The van der Waals surface area contributed by atoms with Gasteiger partial charge in [0.15, 0.2) is 5.76 Å². The Morgan fingerprint density at radius 3 is 2.79 bits per heavy atom. The summed E-state index contributed by atoms with van der Waals surface area (Å²) in [6, 6.07) is 2.07. The van der Waals surface area contributed by atoms with Crippen molar-refractivity contribution >= 4 is 0 Å². The molecule has 0 unspecified atom stereocenters. The summed E-state index contributed by atoms with van der Waals surface area (Å²) < 4.78 is 11.6. The Balaban J connectivity index is 1.50. The molecule has 24 heavy (non-hydrogen) atoms. The number of aromatic nitrogens is 1. The largest absolute Gasteiger partial charge is 0.390 e. The van der Waals surface area contributed by atoms with Gasteiger partial charge in [-0.25, -0.2) is 0 Å². The molecule has 2 aliphatic rings. The molecule has 3 atom stereocenters. The number of aliphatic hydroxyl groups is 1. The smallest absolute Gasteiger partial charge is 0.150 e. The van der Waals surface area contributed by atoms with Crippen LogP contribution < -0.4 is 0 Å². The Morgan fingerprint density at radius 2 is 2.04 bits per heavy atom. The summed E-state index contributed by atoms with van der Waals surface area (Å²) in [7, 11) is 4.01. The number of hydrogen-bond donors (Lipinski definition) is 1. The van der Waals surface area contributed by atoms with Gasteiger partial charge in [0.1, 0.15) is 0 Å². The Bertz CT molecular complexity index is 499. The number of piperidine rings is 1. The van der Waals surface area contributed by atoms with Gasteiger partial charge in [-0.05, 0) is 52.9 Å². The van der Waals surface area contributed by atoms with Gasteiger partial charge in [-0.15, -0.1) is 0 Å². The van der Waals surface area contributed by atoms with Crippen molar-refractivity contribution in [2.75, 3.05) is 33.7 Å². The molecule has 3 heterocycles. The van der Waals surface area contributed by atoms with Crippen molar-refractivity contribution in [3.05, 3.63) is 17.5 Å². The molecule has 0 amide bonds. The van der Waals surface area contributed by atoms with Crippen LogP contribution in [0.4, 0.5) is 0 Å². The molecule has 2 fully saturated rings. The molecule has 2 aliphatic heterocycles.